The average Bonchev–Trinajstić information content (AvgIpc) is 3.15. The van der Waals surface area contributed by atoms with Gasteiger partial charge in [0.1, 0.15) is 0 Å². The Kier molecular flexibility index (Phi) is 3.20. The first-order valence-corrected chi connectivity index (χ1v) is 7.89. The lowest BCUT2D eigenvalue weighted by Crippen LogP contribution is -2.30. The number of aryl methyl sites for hydroxylation is 1. The summed E-state index contributed by atoms with van der Waals surface area (Å²) in [6.45, 7) is 2.04. The molecule has 2 aromatic heterocycles. The van der Waals surface area contributed by atoms with E-state index in [1.807, 2.05) is 43.3 Å². The molecule has 0 saturated carbocycles. The largest absolute Gasteiger partial charge is 0.334 e. The first-order valence-electron chi connectivity index (χ1n) is 7.07. The maximum absolute atomic E-state index is 12.2. The molecule has 0 atom stereocenters. The van der Waals surface area contributed by atoms with Gasteiger partial charge < -0.3 is 4.98 Å². The molecule has 7 heteroatoms. The molecule has 0 radical (unpaired) electrons. The Labute approximate surface area is 135 Å². The van der Waals surface area contributed by atoms with Crippen molar-refractivity contribution >= 4 is 43.6 Å². The molecule has 6 nitrogen and oxygen atoms in total. The van der Waals surface area contributed by atoms with Crippen LogP contribution in [0.1, 0.15) is 16.2 Å². The van der Waals surface area contributed by atoms with Crippen molar-refractivity contribution in [1.29, 1.82) is 0 Å². The minimum absolute atomic E-state index is 0.260. The maximum atomic E-state index is 12.2. The van der Waals surface area contributed by atoms with Crippen molar-refractivity contribution in [2.75, 3.05) is 5.43 Å². The van der Waals surface area contributed by atoms with Crippen LogP contribution in [-0.2, 0) is 0 Å². The number of imidazole rings is 1. The maximum Gasteiger partial charge on any atom is 0.305 e. The number of carbonyl (C=O) groups is 1. The van der Waals surface area contributed by atoms with E-state index in [9.17, 15) is 4.79 Å². The predicted molar refractivity (Wildman–Crippen MR) is 91.5 cm³/mol. The molecule has 3 N–H and O–H groups in total. The zero-order valence-corrected chi connectivity index (χ0v) is 13.1. The fourth-order valence-electron chi connectivity index (χ4n) is 2.32. The quantitative estimate of drug-likeness (QED) is 0.505. The van der Waals surface area contributed by atoms with E-state index in [4.69, 9.17) is 0 Å². The van der Waals surface area contributed by atoms with Gasteiger partial charge in [-0.1, -0.05) is 29.5 Å². The van der Waals surface area contributed by atoms with Crippen LogP contribution in [0, 0.1) is 6.92 Å². The number of thiazole rings is 1. The molecule has 0 unspecified atom stereocenters. The van der Waals surface area contributed by atoms with E-state index in [2.05, 4.69) is 31.9 Å². The second-order valence-electron chi connectivity index (χ2n) is 5.17. The van der Waals surface area contributed by atoms with Crippen LogP contribution in [-0.4, -0.2) is 20.9 Å². The number of carbonyl (C=O) groups excluding carboxylic acids is 1. The van der Waals surface area contributed by atoms with Crippen molar-refractivity contribution in [3.05, 3.63) is 53.9 Å². The standard InChI is InChI=1S/C16H13N5OS/c1-9-6-7-12-13(8-9)23-16(19-12)21-20-15(22)14-17-10-4-2-3-5-11(10)18-14/h2-8H,1H3,(H,17,18)(H,19,21)(H,20,22). The van der Waals surface area contributed by atoms with Gasteiger partial charge in [0, 0.05) is 0 Å². The van der Waals surface area contributed by atoms with E-state index in [-0.39, 0.29) is 11.7 Å². The first-order chi connectivity index (χ1) is 11.2. The van der Waals surface area contributed by atoms with E-state index in [1.54, 1.807) is 0 Å². The molecule has 1 amide bonds. The van der Waals surface area contributed by atoms with Crippen molar-refractivity contribution in [3.63, 3.8) is 0 Å². The number of nitrogens with zero attached hydrogens (tertiary/aromatic N) is 2. The van der Waals surface area contributed by atoms with Gasteiger partial charge in [0.15, 0.2) is 5.82 Å². The molecule has 0 aliphatic rings. The molecule has 2 aromatic carbocycles. The lowest BCUT2D eigenvalue weighted by atomic mass is 10.2. The summed E-state index contributed by atoms with van der Waals surface area (Å²) in [5, 5.41) is 0.634. The molecule has 0 aliphatic carbocycles. The van der Waals surface area contributed by atoms with Crippen molar-refractivity contribution in [3.8, 4) is 0 Å². The van der Waals surface area contributed by atoms with Crippen LogP contribution >= 0.6 is 11.3 Å². The molecule has 0 spiro atoms. The van der Waals surface area contributed by atoms with Crippen LogP contribution in [0.3, 0.4) is 0 Å². The van der Waals surface area contributed by atoms with Gasteiger partial charge in [-0.25, -0.2) is 9.97 Å². The zero-order valence-electron chi connectivity index (χ0n) is 12.3. The third-order valence-electron chi connectivity index (χ3n) is 3.43. The second-order valence-corrected chi connectivity index (χ2v) is 6.20. The van der Waals surface area contributed by atoms with E-state index < -0.39 is 0 Å². The van der Waals surface area contributed by atoms with E-state index in [0.29, 0.717) is 5.13 Å². The Morgan fingerprint density at radius 1 is 1.13 bits per heavy atom. The summed E-state index contributed by atoms with van der Waals surface area (Å²) in [6, 6.07) is 13.6. The lowest BCUT2D eigenvalue weighted by Gasteiger charge is -2.02. The molecule has 0 fully saturated rings. The van der Waals surface area contributed by atoms with Crippen molar-refractivity contribution in [1.82, 2.24) is 20.4 Å². The second kappa shape index (κ2) is 5.36. The van der Waals surface area contributed by atoms with Gasteiger partial charge in [0.2, 0.25) is 5.13 Å². The summed E-state index contributed by atoms with van der Waals surface area (Å²) in [5.74, 6) is -0.0766. The number of aromatic nitrogens is 3. The normalized spacial score (nSPS) is 11.0. The monoisotopic (exact) mass is 323 g/mol. The number of hydrogen-bond acceptors (Lipinski definition) is 5. The van der Waals surface area contributed by atoms with E-state index in [0.717, 1.165) is 21.3 Å². The Balaban J connectivity index is 1.51. The Morgan fingerprint density at radius 3 is 2.87 bits per heavy atom. The molecule has 2 heterocycles. The number of anilines is 1. The predicted octanol–water partition coefficient (Wildman–Crippen LogP) is 3.24. The molecular formula is C16H13N5OS. The van der Waals surface area contributed by atoms with Crippen molar-refractivity contribution in [2.24, 2.45) is 0 Å². The molecule has 23 heavy (non-hydrogen) atoms. The highest BCUT2D eigenvalue weighted by molar-refractivity contribution is 7.22. The number of hydrogen-bond donors (Lipinski definition) is 3. The van der Waals surface area contributed by atoms with Crippen LogP contribution < -0.4 is 10.9 Å². The fraction of sp³-hybridized carbons (Fsp3) is 0.0625. The van der Waals surface area contributed by atoms with Gasteiger partial charge in [-0.15, -0.1) is 0 Å². The highest BCUT2D eigenvalue weighted by Gasteiger charge is 2.11. The lowest BCUT2D eigenvalue weighted by molar-refractivity contribution is 0.0953. The summed E-state index contributed by atoms with van der Waals surface area (Å²) < 4.78 is 1.07. The number of amides is 1. The molecule has 0 saturated heterocycles. The highest BCUT2D eigenvalue weighted by Crippen LogP contribution is 2.26. The van der Waals surface area contributed by atoms with Gasteiger partial charge in [-0.3, -0.25) is 15.6 Å². The number of nitrogens with one attached hydrogen (secondary N) is 3. The molecule has 0 aliphatic heterocycles. The number of aromatic amines is 1. The third-order valence-corrected chi connectivity index (χ3v) is 4.36. The number of benzene rings is 2. The van der Waals surface area contributed by atoms with Gasteiger partial charge >= 0.3 is 5.91 Å². The van der Waals surface area contributed by atoms with Crippen molar-refractivity contribution < 1.29 is 4.79 Å². The number of fused-ring (bicyclic) bond motifs is 2. The van der Waals surface area contributed by atoms with Crippen LogP contribution in [0.25, 0.3) is 21.3 Å². The SMILES string of the molecule is Cc1ccc2nc(NNC(=O)c3nc4ccccc4[nH]3)sc2c1. The summed E-state index contributed by atoms with van der Waals surface area (Å²) in [5.41, 5.74) is 9.13. The molecule has 114 valence electrons. The minimum atomic E-state index is -0.336. The third kappa shape index (κ3) is 2.62. The van der Waals surface area contributed by atoms with Gasteiger partial charge in [0.05, 0.1) is 21.3 Å². The summed E-state index contributed by atoms with van der Waals surface area (Å²) in [6.07, 6.45) is 0. The number of H-pyrrole nitrogens is 1. The zero-order chi connectivity index (χ0) is 15.8. The van der Waals surface area contributed by atoms with Crippen LogP contribution in [0.5, 0.6) is 0 Å². The summed E-state index contributed by atoms with van der Waals surface area (Å²) in [4.78, 5) is 23.8. The van der Waals surface area contributed by atoms with Gasteiger partial charge in [0.25, 0.3) is 0 Å². The number of rotatable bonds is 3. The van der Waals surface area contributed by atoms with Gasteiger partial charge in [-0.2, -0.15) is 0 Å². The Hall–Kier alpha value is -2.93. The Morgan fingerprint density at radius 2 is 2.00 bits per heavy atom. The summed E-state index contributed by atoms with van der Waals surface area (Å²) in [7, 11) is 0. The van der Waals surface area contributed by atoms with Crippen molar-refractivity contribution in [2.45, 2.75) is 6.92 Å². The number of hydrazine groups is 1. The Bertz CT molecular complexity index is 987. The van der Waals surface area contributed by atoms with Crippen LogP contribution in [0.2, 0.25) is 0 Å². The fourth-order valence-corrected chi connectivity index (χ4v) is 3.23. The number of para-hydroxylation sites is 2. The average molecular weight is 323 g/mol. The minimum Gasteiger partial charge on any atom is -0.334 e. The highest BCUT2D eigenvalue weighted by atomic mass is 32.1. The smallest absolute Gasteiger partial charge is 0.305 e. The molecule has 4 aromatic rings. The van der Waals surface area contributed by atoms with E-state index >= 15 is 0 Å². The van der Waals surface area contributed by atoms with Crippen LogP contribution in [0.15, 0.2) is 42.5 Å². The molecule has 0 bridgehead atoms. The first kappa shape index (κ1) is 13.7. The molecular weight excluding hydrogens is 310 g/mol. The van der Waals surface area contributed by atoms with E-state index in [1.165, 1.54) is 16.9 Å². The van der Waals surface area contributed by atoms with Crippen LogP contribution in [0.4, 0.5) is 5.13 Å². The molecule has 4 rings (SSSR count). The van der Waals surface area contributed by atoms with Gasteiger partial charge in [-0.05, 0) is 36.8 Å². The summed E-state index contributed by atoms with van der Waals surface area (Å²) >= 11 is 1.49. The topological polar surface area (TPSA) is 82.7 Å².